The zero-order chi connectivity index (χ0) is 8.43. The van der Waals surface area contributed by atoms with Crippen LogP contribution in [-0.2, 0) is 0 Å². The highest BCUT2D eigenvalue weighted by atomic mass is 31.0. The van der Waals surface area contributed by atoms with Gasteiger partial charge >= 0.3 is 0 Å². The molecule has 0 amide bonds. The molecule has 0 aliphatic carbocycles. The molecule has 62 valence electrons. The standard InChI is InChI=1S/C5H8F2N3P/c1-3(4(6)7)10-5(11)8-2-9-10/h2-4H,11H2,1H3. The van der Waals surface area contributed by atoms with Crippen molar-refractivity contribution in [1.29, 1.82) is 0 Å². The second-order valence-corrected chi connectivity index (χ2v) is 2.65. The molecule has 0 fully saturated rings. The fourth-order valence-corrected chi connectivity index (χ4v) is 1.05. The predicted molar refractivity (Wildman–Crippen MR) is 40.1 cm³/mol. The van der Waals surface area contributed by atoms with E-state index in [9.17, 15) is 8.78 Å². The van der Waals surface area contributed by atoms with Gasteiger partial charge in [0.05, 0.1) is 0 Å². The molecule has 1 rings (SSSR count). The van der Waals surface area contributed by atoms with Crippen molar-refractivity contribution >= 4 is 14.8 Å². The molecule has 2 unspecified atom stereocenters. The molecule has 1 aromatic heterocycles. The van der Waals surface area contributed by atoms with Gasteiger partial charge in [-0.15, -0.1) is 0 Å². The molecule has 0 aromatic carbocycles. The van der Waals surface area contributed by atoms with Gasteiger partial charge in [-0.1, -0.05) is 9.24 Å². The molecule has 0 N–H and O–H groups in total. The van der Waals surface area contributed by atoms with Crippen molar-refractivity contribution in [1.82, 2.24) is 14.8 Å². The summed E-state index contributed by atoms with van der Waals surface area (Å²) in [5.74, 6) is 0. The molecule has 3 nitrogen and oxygen atoms in total. The quantitative estimate of drug-likeness (QED) is 0.622. The molecule has 2 atom stereocenters. The number of alkyl halides is 2. The topological polar surface area (TPSA) is 30.7 Å². The van der Waals surface area contributed by atoms with E-state index in [1.165, 1.54) is 17.9 Å². The number of hydrogen-bond donors (Lipinski definition) is 0. The van der Waals surface area contributed by atoms with Gasteiger partial charge in [-0.25, -0.2) is 18.4 Å². The number of aromatic nitrogens is 3. The molecular weight excluding hydrogens is 171 g/mol. The van der Waals surface area contributed by atoms with Crippen molar-refractivity contribution in [2.24, 2.45) is 0 Å². The lowest BCUT2D eigenvalue weighted by molar-refractivity contribution is 0.0870. The van der Waals surface area contributed by atoms with Crippen molar-refractivity contribution in [3.05, 3.63) is 6.33 Å². The van der Waals surface area contributed by atoms with Crippen LogP contribution in [0.3, 0.4) is 0 Å². The minimum atomic E-state index is -2.41. The van der Waals surface area contributed by atoms with Gasteiger partial charge in [0.25, 0.3) is 6.43 Å². The summed E-state index contributed by atoms with van der Waals surface area (Å²) < 4.78 is 25.3. The highest BCUT2D eigenvalue weighted by molar-refractivity contribution is 7.26. The second-order valence-electron chi connectivity index (χ2n) is 2.14. The summed E-state index contributed by atoms with van der Waals surface area (Å²) in [6, 6.07) is -0.912. The number of nitrogens with zero attached hydrogens (tertiary/aromatic N) is 3. The van der Waals surface area contributed by atoms with E-state index in [1.54, 1.807) is 0 Å². The molecule has 0 aliphatic heterocycles. The Labute approximate surface area is 65.0 Å². The third-order valence-corrected chi connectivity index (χ3v) is 1.76. The third kappa shape index (κ3) is 1.71. The molecule has 6 heteroatoms. The first-order valence-electron chi connectivity index (χ1n) is 3.06. The van der Waals surface area contributed by atoms with E-state index in [2.05, 4.69) is 19.3 Å². The summed E-state index contributed by atoms with van der Waals surface area (Å²) in [6.45, 7) is 1.40. The van der Waals surface area contributed by atoms with Gasteiger partial charge in [-0.3, -0.25) is 0 Å². The zero-order valence-electron chi connectivity index (χ0n) is 5.91. The molecule has 0 bridgehead atoms. The van der Waals surface area contributed by atoms with Crippen molar-refractivity contribution in [2.75, 3.05) is 0 Å². The summed E-state index contributed by atoms with van der Waals surface area (Å²) >= 11 is 0. The van der Waals surface area contributed by atoms with Crippen molar-refractivity contribution < 1.29 is 8.78 Å². The van der Waals surface area contributed by atoms with E-state index < -0.39 is 12.5 Å². The summed E-state index contributed by atoms with van der Waals surface area (Å²) in [5.41, 5.74) is 0.429. The normalized spacial score (nSPS) is 13.9. The Morgan fingerprint density at radius 3 is 2.64 bits per heavy atom. The monoisotopic (exact) mass is 179 g/mol. The fourth-order valence-electron chi connectivity index (χ4n) is 0.679. The van der Waals surface area contributed by atoms with E-state index in [-0.39, 0.29) is 0 Å². The highest BCUT2D eigenvalue weighted by Crippen LogP contribution is 2.12. The van der Waals surface area contributed by atoms with Gasteiger partial charge in [0, 0.05) is 0 Å². The van der Waals surface area contributed by atoms with Crippen LogP contribution in [0.25, 0.3) is 0 Å². The molecule has 0 aliphatic rings. The average Bonchev–Trinajstić information content (AvgIpc) is 2.33. The molecule has 0 spiro atoms. The SMILES string of the molecule is CC(C(F)F)n1ncnc1P. The molecule has 0 saturated carbocycles. The van der Waals surface area contributed by atoms with Gasteiger partial charge in [-0.05, 0) is 6.92 Å². The first kappa shape index (κ1) is 8.53. The lowest BCUT2D eigenvalue weighted by atomic mass is 10.4. The minimum Gasteiger partial charge on any atom is -0.238 e. The first-order valence-corrected chi connectivity index (χ1v) is 3.63. The van der Waals surface area contributed by atoms with E-state index in [1.807, 2.05) is 0 Å². The molecule has 1 heterocycles. The molecular formula is C5H8F2N3P. The molecule has 11 heavy (non-hydrogen) atoms. The molecule has 1 aromatic rings. The van der Waals surface area contributed by atoms with Crippen LogP contribution in [0, 0.1) is 0 Å². The van der Waals surface area contributed by atoms with Crippen LogP contribution < -0.4 is 5.57 Å². The van der Waals surface area contributed by atoms with Crippen LogP contribution in [0.2, 0.25) is 0 Å². The predicted octanol–water partition coefficient (Wildman–Crippen LogP) is 0.605. The van der Waals surface area contributed by atoms with E-state index >= 15 is 0 Å². The Balaban J connectivity index is 2.84. The van der Waals surface area contributed by atoms with Crippen LogP contribution in [0.5, 0.6) is 0 Å². The maximum atomic E-state index is 12.1. The van der Waals surface area contributed by atoms with Crippen LogP contribution >= 0.6 is 9.24 Å². The fraction of sp³-hybridized carbons (Fsp3) is 0.600. The highest BCUT2D eigenvalue weighted by Gasteiger charge is 2.18. The Morgan fingerprint density at radius 1 is 1.64 bits per heavy atom. The number of rotatable bonds is 2. The Morgan fingerprint density at radius 2 is 2.27 bits per heavy atom. The van der Waals surface area contributed by atoms with Crippen LogP contribution in [0.15, 0.2) is 6.33 Å². The largest absolute Gasteiger partial charge is 0.260 e. The number of halogens is 2. The summed E-state index contributed by atoms with van der Waals surface area (Å²) in [5, 5.41) is 3.64. The van der Waals surface area contributed by atoms with Crippen molar-refractivity contribution in [3.63, 3.8) is 0 Å². The van der Waals surface area contributed by atoms with Gasteiger partial charge in [-0.2, -0.15) is 5.10 Å². The van der Waals surface area contributed by atoms with Crippen LogP contribution in [0.4, 0.5) is 8.78 Å². The van der Waals surface area contributed by atoms with Crippen molar-refractivity contribution in [3.8, 4) is 0 Å². The molecule has 0 saturated heterocycles. The maximum absolute atomic E-state index is 12.1. The van der Waals surface area contributed by atoms with Gasteiger partial charge < -0.3 is 0 Å². The Hall–Kier alpha value is -0.570. The van der Waals surface area contributed by atoms with E-state index in [0.717, 1.165) is 0 Å². The zero-order valence-corrected chi connectivity index (χ0v) is 7.06. The maximum Gasteiger partial charge on any atom is 0.260 e. The average molecular weight is 179 g/mol. The van der Waals surface area contributed by atoms with Gasteiger partial charge in [0.15, 0.2) is 0 Å². The molecule has 0 radical (unpaired) electrons. The van der Waals surface area contributed by atoms with Crippen molar-refractivity contribution in [2.45, 2.75) is 19.4 Å². The lowest BCUT2D eigenvalue weighted by Gasteiger charge is -2.10. The Bertz CT molecular complexity index is 237. The summed E-state index contributed by atoms with van der Waals surface area (Å²) in [4.78, 5) is 3.70. The van der Waals surface area contributed by atoms with Crippen LogP contribution in [0.1, 0.15) is 13.0 Å². The van der Waals surface area contributed by atoms with Gasteiger partial charge in [0.1, 0.15) is 17.9 Å². The minimum absolute atomic E-state index is 0.429. The summed E-state index contributed by atoms with van der Waals surface area (Å²) in [7, 11) is 2.24. The smallest absolute Gasteiger partial charge is 0.238 e. The van der Waals surface area contributed by atoms with Gasteiger partial charge in [0.2, 0.25) is 0 Å². The first-order chi connectivity index (χ1) is 5.13. The third-order valence-electron chi connectivity index (χ3n) is 1.35. The van der Waals surface area contributed by atoms with E-state index in [4.69, 9.17) is 0 Å². The van der Waals surface area contributed by atoms with E-state index in [0.29, 0.717) is 5.57 Å². The van der Waals surface area contributed by atoms with Crippen LogP contribution in [-0.4, -0.2) is 21.2 Å². The summed E-state index contributed by atoms with van der Waals surface area (Å²) in [6.07, 6.45) is -1.16. The number of hydrogen-bond acceptors (Lipinski definition) is 2. The lowest BCUT2D eigenvalue weighted by Crippen LogP contribution is -2.22. The second kappa shape index (κ2) is 3.22. The Kier molecular flexibility index (Phi) is 2.49.